The second-order valence-electron chi connectivity index (χ2n) is 3.70. The number of unbranched alkanes of at least 4 members (excludes halogenated alkanes) is 2. The summed E-state index contributed by atoms with van der Waals surface area (Å²) in [6.45, 7) is 4.36. The van der Waals surface area contributed by atoms with Crippen LogP contribution in [0.25, 0.3) is 0 Å². The Morgan fingerprint density at radius 2 is 1.21 bits per heavy atom. The largest absolute Gasteiger partial charge is 0.118 e. The van der Waals surface area contributed by atoms with Gasteiger partial charge in [0.2, 0.25) is 0 Å². The lowest BCUT2D eigenvalue weighted by atomic mass is 10.1. The number of hydrogen-bond acceptors (Lipinski definition) is 0. The fourth-order valence-corrected chi connectivity index (χ4v) is 1.71. The highest BCUT2D eigenvalue weighted by molar-refractivity contribution is 6.23. The molecule has 0 aliphatic carbocycles. The predicted molar refractivity (Wildman–Crippen MR) is 67.5 cm³/mol. The van der Waals surface area contributed by atoms with Gasteiger partial charge in [0.1, 0.15) is 0 Å². The molecule has 0 aromatic carbocycles. The lowest BCUT2D eigenvalue weighted by Crippen LogP contribution is -1.97. The Hall–Kier alpha value is 0.320. The van der Waals surface area contributed by atoms with E-state index >= 15 is 0 Å². The lowest BCUT2D eigenvalue weighted by Gasteiger charge is -2.05. The molecule has 84 valence electrons. The van der Waals surface area contributed by atoms with Gasteiger partial charge in [0.05, 0.1) is 10.8 Å². The fourth-order valence-electron chi connectivity index (χ4n) is 1.23. The molecule has 0 aliphatic heterocycles. The third kappa shape index (κ3) is 8.90. The summed E-state index contributed by atoms with van der Waals surface area (Å²) in [7, 11) is 0. The quantitative estimate of drug-likeness (QED) is 0.405. The van der Waals surface area contributed by atoms with E-state index in [2.05, 4.69) is 13.8 Å². The van der Waals surface area contributed by atoms with Crippen molar-refractivity contribution in [3.05, 3.63) is 12.2 Å². The second-order valence-corrected chi connectivity index (χ2v) is 4.82. The smallest absolute Gasteiger partial charge is 0.0516 e. The highest BCUT2D eigenvalue weighted by Gasteiger charge is 2.01. The van der Waals surface area contributed by atoms with Gasteiger partial charge >= 0.3 is 0 Å². The van der Waals surface area contributed by atoms with Gasteiger partial charge in [-0.3, -0.25) is 0 Å². The number of halogens is 2. The van der Waals surface area contributed by atoms with Crippen LogP contribution in [-0.4, -0.2) is 10.8 Å². The summed E-state index contributed by atoms with van der Waals surface area (Å²) in [5.41, 5.74) is 0. The van der Waals surface area contributed by atoms with E-state index in [0.717, 1.165) is 12.8 Å². The van der Waals surface area contributed by atoms with E-state index in [9.17, 15) is 0 Å². The Labute approximate surface area is 98.7 Å². The van der Waals surface area contributed by atoms with Crippen LogP contribution in [0.2, 0.25) is 0 Å². The number of hydrogen-bond donors (Lipinski definition) is 0. The lowest BCUT2D eigenvalue weighted by molar-refractivity contribution is 0.720. The van der Waals surface area contributed by atoms with E-state index in [0.29, 0.717) is 0 Å². The minimum Gasteiger partial charge on any atom is -0.118 e. The molecule has 0 amide bonds. The van der Waals surface area contributed by atoms with Crippen molar-refractivity contribution >= 4 is 23.2 Å². The topological polar surface area (TPSA) is 0 Å². The highest BCUT2D eigenvalue weighted by atomic mass is 35.5. The van der Waals surface area contributed by atoms with Crippen LogP contribution in [0.15, 0.2) is 12.2 Å². The maximum absolute atomic E-state index is 6.09. The summed E-state index contributed by atoms with van der Waals surface area (Å²) in [6, 6.07) is 0. The molecule has 0 rings (SSSR count). The van der Waals surface area contributed by atoms with Crippen LogP contribution >= 0.6 is 23.2 Å². The van der Waals surface area contributed by atoms with Crippen LogP contribution < -0.4 is 0 Å². The third-order valence-electron chi connectivity index (χ3n) is 2.20. The average Bonchev–Trinajstić information content (AvgIpc) is 2.20. The van der Waals surface area contributed by atoms with Crippen molar-refractivity contribution in [2.45, 2.75) is 63.1 Å². The van der Waals surface area contributed by atoms with Gasteiger partial charge in [-0.05, 0) is 12.8 Å². The summed E-state index contributed by atoms with van der Waals surface area (Å²) >= 11 is 12.2. The Morgan fingerprint density at radius 3 is 1.50 bits per heavy atom. The molecule has 0 heterocycles. The van der Waals surface area contributed by atoms with Crippen molar-refractivity contribution in [1.29, 1.82) is 0 Å². The Balaban J connectivity index is 3.56. The number of alkyl halides is 2. The van der Waals surface area contributed by atoms with Crippen LogP contribution in [0, 0.1) is 0 Å². The molecule has 14 heavy (non-hydrogen) atoms. The van der Waals surface area contributed by atoms with Gasteiger partial charge in [-0.1, -0.05) is 51.7 Å². The van der Waals surface area contributed by atoms with Crippen LogP contribution in [0.5, 0.6) is 0 Å². The molecular weight excluding hydrogens is 215 g/mol. The van der Waals surface area contributed by atoms with Gasteiger partial charge in [-0.25, -0.2) is 0 Å². The zero-order valence-corrected chi connectivity index (χ0v) is 10.8. The van der Waals surface area contributed by atoms with E-state index in [4.69, 9.17) is 23.2 Å². The molecule has 0 saturated carbocycles. The van der Waals surface area contributed by atoms with Crippen LogP contribution in [0.1, 0.15) is 52.4 Å². The Morgan fingerprint density at radius 1 is 0.857 bits per heavy atom. The van der Waals surface area contributed by atoms with Gasteiger partial charge in [0.25, 0.3) is 0 Å². The first kappa shape index (κ1) is 14.3. The molecule has 0 bridgehead atoms. The third-order valence-corrected chi connectivity index (χ3v) is 2.92. The Kier molecular flexibility index (Phi) is 10.1. The number of rotatable bonds is 8. The molecule has 0 nitrogen and oxygen atoms in total. The van der Waals surface area contributed by atoms with Crippen molar-refractivity contribution in [2.24, 2.45) is 0 Å². The minimum absolute atomic E-state index is 0.165. The van der Waals surface area contributed by atoms with E-state index in [1.54, 1.807) is 0 Å². The SMILES string of the molecule is CCCCC(Cl)C=CC(Cl)CCCC. The maximum atomic E-state index is 6.09. The standard InChI is InChI=1S/C12H22Cl2/c1-3-5-7-11(13)9-10-12(14)8-6-4-2/h9-12H,3-8H2,1-2H3. The second kappa shape index (κ2) is 9.86. The first-order valence-corrected chi connectivity index (χ1v) is 6.54. The van der Waals surface area contributed by atoms with E-state index in [-0.39, 0.29) is 10.8 Å². The average molecular weight is 237 g/mol. The van der Waals surface area contributed by atoms with Gasteiger partial charge in [0, 0.05) is 0 Å². The van der Waals surface area contributed by atoms with Crippen molar-refractivity contribution in [1.82, 2.24) is 0 Å². The Bertz CT molecular complexity index is 127. The molecular formula is C12H22Cl2. The molecule has 0 aromatic rings. The summed E-state index contributed by atoms with van der Waals surface area (Å²) in [4.78, 5) is 0. The number of allylic oxidation sites excluding steroid dienone is 2. The first-order valence-electron chi connectivity index (χ1n) is 5.67. The first-order chi connectivity index (χ1) is 6.70. The van der Waals surface area contributed by atoms with Crippen molar-refractivity contribution < 1.29 is 0 Å². The van der Waals surface area contributed by atoms with Gasteiger partial charge < -0.3 is 0 Å². The zero-order valence-electron chi connectivity index (χ0n) is 9.31. The minimum atomic E-state index is 0.165. The van der Waals surface area contributed by atoms with Crippen molar-refractivity contribution in [2.75, 3.05) is 0 Å². The normalized spacial score (nSPS) is 16.0. The monoisotopic (exact) mass is 236 g/mol. The summed E-state index contributed by atoms with van der Waals surface area (Å²) < 4.78 is 0. The fraction of sp³-hybridized carbons (Fsp3) is 0.833. The van der Waals surface area contributed by atoms with Crippen LogP contribution in [0.4, 0.5) is 0 Å². The van der Waals surface area contributed by atoms with E-state index in [1.165, 1.54) is 25.7 Å². The molecule has 2 heteroatoms. The van der Waals surface area contributed by atoms with Crippen LogP contribution in [-0.2, 0) is 0 Å². The van der Waals surface area contributed by atoms with E-state index in [1.807, 2.05) is 12.2 Å². The van der Waals surface area contributed by atoms with Gasteiger partial charge in [-0.2, -0.15) is 0 Å². The molecule has 2 unspecified atom stereocenters. The zero-order chi connectivity index (χ0) is 10.8. The summed E-state index contributed by atoms with van der Waals surface area (Å²) in [5.74, 6) is 0. The highest BCUT2D eigenvalue weighted by Crippen LogP contribution is 2.13. The molecule has 0 spiro atoms. The van der Waals surface area contributed by atoms with Crippen molar-refractivity contribution in [3.8, 4) is 0 Å². The van der Waals surface area contributed by atoms with Gasteiger partial charge in [-0.15, -0.1) is 23.2 Å². The molecule has 0 aromatic heterocycles. The van der Waals surface area contributed by atoms with Crippen molar-refractivity contribution in [3.63, 3.8) is 0 Å². The molecule has 0 aliphatic rings. The molecule has 0 saturated heterocycles. The maximum Gasteiger partial charge on any atom is 0.0516 e. The molecule has 0 fully saturated rings. The molecule has 0 radical (unpaired) electrons. The predicted octanol–water partition coefficient (Wildman–Crippen LogP) is 5.14. The summed E-state index contributed by atoms with van der Waals surface area (Å²) in [5, 5.41) is 0.329. The molecule has 0 N–H and O–H groups in total. The van der Waals surface area contributed by atoms with Crippen LogP contribution in [0.3, 0.4) is 0 Å². The van der Waals surface area contributed by atoms with E-state index < -0.39 is 0 Å². The molecule has 2 atom stereocenters. The van der Waals surface area contributed by atoms with Gasteiger partial charge in [0.15, 0.2) is 0 Å². The summed E-state index contributed by atoms with van der Waals surface area (Å²) in [6.07, 6.45) is 11.0.